The molecule has 0 radical (unpaired) electrons. The van der Waals surface area contributed by atoms with Crippen LogP contribution in [-0.2, 0) is 25.7 Å². The van der Waals surface area contributed by atoms with E-state index in [-0.39, 0.29) is 42.6 Å². The first-order valence-corrected chi connectivity index (χ1v) is 11.2. The summed E-state index contributed by atoms with van der Waals surface area (Å²) in [5.74, 6) is -0.688. The molecule has 5 N–H and O–H groups in total. The van der Waals surface area contributed by atoms with Crippen LogP contribution in [0.15, 0.2) is 18.2 Å². The summed E-state index contributed by atoms with van der Waals surface area (Å²) in [6.07, 6.45) is -6.03. The normalized spacial score (nSPS) is 25.2. The van der Waals surface area contributed by atoms with Crippen molar-refractivity contribution >= 4 is 17.6 Å². The summed E-state index contributed by atoms with van der Waals surface area (Å²) >= 11 is 0. The van der Waals surface area contributed by atoms with E-state index < -0.39 is 30.7 Å². The van der Waals surface area contributed by atoms with E-state index in [1.165, 1.54) is 0 Å². The summed E-state index contributed by atoms with van der Waals surface area (Å²) in [5.41, 5.74) is 0.924. The van der Waals surface area contributed by atoms with Crippen LogP contribution in [0.4, 0.5) is 5.69 Å². The predicted molar refractivity (Wildman–Crippen MR) is 120 cm³/mol. The molecule has 0 bridgehead atoms. The molecular formula is C23H36N2O8. The van der Waals surface area contributed by atoms with Crippen LogP contribution in [0, 0.1) is 5.92 Å². The molecule has 5 atom stereocenters. The maximum atomic E-state index is 12.5. The van der Waals surface area contributed by atoms with Crippen molar-refractivity contribution in [3.05, 3.63) is 23.8 Å². The molecule has 2 rings (SSSR count). The minimum absolute atomic E-state index is 0.0135. The van der Waals surface area contributed by atoms with E-state index in [1.807, 2.05) is 13.8 Å². The maximum Gasteiger partial charge on any atom is 0.308 e. The lowest BCUT2D eigenvalue weighted by molar-refractivity contribution is -0.268. The number of ether oxygens (including phenoxy) is 3. The van der Waals surface area contributed by atoms with E-state index in [0.717, 1.165) is 0 Å². The average Bonchev–Trinajstić information content (AvgIpc) is 2.75. The standard InChI is InChI=1S/C23H36N2O8/c1-12(2)22(30)31-11-15-6-7-17(16(10-15)25-18(26)8-9-24-13(3)4)33-23-21(29)20(28)19(27)14(5)32-23/h6-7,10,12-14,19-21,23-24,27-29H,8-9,11H2,1-5H3,(H,25,26)/t14-,19-,20+,21-,23+/m1/s1. The second-order valence-corrected chi connectivity index (χ2v) is 8.80. The topological polar surface area (TPSA) is 147 Å². The lowest BCUT2D eigenvalue weighted by Gasteiger charge is -2.39. The number of benzene rings is 1. The molecule has 1 heterocycles. The van der Waals surface area contributed by atoms with Crippen molar-refractivity contribution < 1.29 is 39.1 Å². The Morgan fingerprint density at radius 3 is 2.42 bits per heavy atom. The first-order chi connectivity index (χ1) is 15.5. The number of esters is 1. The molecule has 10 heteroatoms. The highest BCUT2D eigenvalue weighted by Gasteiger charge is 2.43. The van der Waals surface area contributed by atoms with Crippen molar-refractivity contribution in [1.82, 2.24) is 5.32 Å². The summed E-state index contributed by atoms with van der Waals surface area (Å²) in [6.45, 7) is 9.47. The van der Waals surface area contributed by atoms with E-state index in [4.69, 9.17) is 14.2 Å². The number of hydrogen-bond acceptors (Lipinski definition) is 9. The minimum atomic E-state index is -1.50. The second kappa shape index (κ2) is 12.3. The van der Waals surface area contributed by atoms with Crippen LogP contribution in [0.3, 0.4) is 0 Å². The third-order valence-corrected chi connectivity index (χ3v) is 5.13. The number of hydrogen-bond donors (Lipinski definition) is 5. The largest absolute Gasteiger partial charge is 0.461 e. The first kappa shape index (κ1) is 27.0. The fourth-order valence-electron chi connectivity index (χ4n) is 3.11. The average molecular weight is 469 g/mol. The molecule has 0 spiro atoms. The van der Waals surface area contributed by atoms with Crippen molar-refractivity contribution in [2.24, 2.45) is 5.92 Å². The molecule has 33 heavy (non-hydrogen) atoms. The second-order valence-electron chi connectivity index (χ2n) is 8.80. The monoisotopic (exact) mass is 468 g/mol. The van der Waals surface area contributed by atoms with Crippen LogP contribution in [0.25, 0.3) is 0 Å². The molecule has 0 saturated carbocycles. The van der Waals surface area contributed by atoms with E-state index in [0.29, 0.717) is 17.8 Å². The number of amides is 1. The number of anilines is 1. The molecule has 1 fully saturated rings. The van der Waals surface area contributed by atoms with Crippen molar-refractivity contribution in [2.75, 3.05) is 11.9 Å². The van der Waals surface area contributed by atoms with Crippen LogP contribution in [0.5, 0.6) is 5.75 Å². The van der Waals surface area contributed by atoms with Gasteiger partial charge in [-0.25, -0.2) is 0 Å². The molecule has 0 aliphatic carbocycles. The molecule has 1 saturated heterocycles. The Balaban J connectivity index is 2.19. The number of carbonyl (C=O) groups is 2. The molecule has 0 unspecified atom stereocenters. The first-order valence-electron chi connectivity index (χ1n) is 11.2. The van der Waals surface area contributed by atoms with E-state index >= 15 is 0 Å². The van der Waals surface area contributed by atoms with Gasteiger partial charge in [0.2, 0.25) is 12.2 Å². The summed E-state index contributed by atoms with van der Waals surface area (Å²) in [5, 5.41) is 36.1. The molecule has 10 nitrogen and oxygen atoms in total. The fourth-order valence-corrected chi connectivity index (χ4v) is 3.11. The molecule has 1 amide bonds. The summed E-state index contributed by atoms with van der Waals surface area (Å²) < 4.78 is 16.5. The number of carbonyl (C=O) groups excluding carboxylic acids is 2. The smallest absolute Gasteiger partial charge is 0.308 e. The highest BCUT2D eigenvalue weighted by atomic mass is 16.7. The Bertz CT molecular complexity index is 801. The van der Waals surface area contributed by atoms with Crippen molar-refractivity contribution in [1.29, 1.82) is 0 Å². The van der Waals surface area contributed by atoms with Gasteiger partial charge < -0.3 is 40.2 Å². The Morgan fingerprint density at radius 2 is 1.79 bits per heavy atom. The summed E-state index contributed by atoms with van der Waals surface area (Å²) in [4.78, 5) is 24.3. The van der Waals surface area contributed by atoms with Crippen LogP contribution < -0.4 is 15.4 Å². The van der Waals surface area contributed by atoms with Gasteiger partial charge in [-0.05, 0) is 24.6 Å². The lowest BCUT2D eigenvalue weighted by atomic mass is 10.00. The Kier molecular flexibility index (Phi) is 10.1. The Labute approximate surface area is 194 Å². The van der Waals surface area contributed by atoms with Gasteiger partial charge in [0, 0.05) is 19.0 Å². The van der Waals surface area contributed by atoms with Gasteiger partial charge in [-0.15, -0.1) is 0 Å². The van der Waals surface area contributed by atoms with Gasteiger partial charge in [0.05, 0.1) is 17.7 Å². The van der Waals surface area contributed by atoms with Gasteiger partial charge in [-0.1, -0.05) is 33.8 Å². The molecular weight excluding hydrogens is 432 g/mol. The van der Waals surface area contributed by atoms with E-state index in [2.05, 4.69) is 10.6 Å². The van der Waals surface area contributed by atoms with Crippen LogP contribution in [0.1, 0.15) is 46.6 Å². The quantitative estimate of drug-likeness (QED) is 0.316. The third kappa shape index (κ3) is 7.94. The zero-order chi connectivity index (χ0) is 24.7. The number of aliphatic hydroxyl groups excluding tert-OH is 3. The van der Waals surface area contributed by atoms with Crippen LogP contribution in [0.2, 0.25) is 0 Å². The molecule has 1 aliphatic heterocycles. The fraction of sp³-hybridized carbons (Fsp3) is 0.652. The highest BCUT2D eigenvalue weighted by molar-refractivity contribution is 5.92. The Hall–Kier alpha value is -2.24. The SMILES string of the molecule is CC(C)NCCC(=O)Nc1cc(COC(=O)C(C)C)ccc1O[C@@H]1O[C@H](C)[C@@H](O)[C@H](O)[C@H]1O. The van der Waals surface area contributed by atoms with Gasteiger partial charge >= 0.3 is 5.97 Å². The Morgan fingerprint density at radius 1 is 1.09 bits per heavy atom. The van der Waals surface area contributed by atoms with Gasteiger partial charge in [0.15, 0.2) is 0 Å². The van der Waals surface area contributed by atoms with Gasteiger partial charge in [-0.3, -0.25) is 9.59 Å². The number of nitrogens with one attached hydrogen (secondary N) is 2. The molecule has 186 valence electrons. The molecule has 0 aromatic heterocycles. The number of rotatable bonds is 10. The molecule has 1 aliphatic rings. The van der Waals surface area contributed by atoms with Gasteiger partial charge in [0.25, 0.3) is 0 Å². The predicted octanol–water partition coefficient (Wildman–Crippen LogP) is 0.919. The van der Waals surface area contributed by atoms with Gasteiger partial charge in [-0.2, -0.15) is 0 Å². The maximum absolute atomic E-state index is 12.5. The van der Waals surface area contributed by atoms with E-state index in [1.54, 1.807) is 39.0 Å². The highest BCUT2D eigenvalue weighted by Crippen LogP contribution is 2.31. The molecule has 1 aromatic carbocycles. The minimum Gasteiger partial charge on any atom is -0.461 e. The van der Waals surface area contributed by atoms with Crippen molar-refractivity contribution in [3.63, 3.8) is 0 Å². The summed E-state index contributed by atoms with van der Waals surface area (Å²) in [7, 11) is 0. The van der Waals surface area contributed by atoms with Crippen LogP contribution in [-0.4, -0.2) is 70.5 Å². The molecule has 1 aromatic rings. The number of aliphatic hydroxyl groups is 3. The zero-order valence-corrected chi connectivity index (χ0v) is 19.8. The van der Waals surface area contributed by atoms with Crippen LogP contribution >= 0.6 is 0 Å². The van der Waals surface area contributed by atoms with Gasteiger partial charge in [0.1, 0.15) is 30.7 Å². The van der Waals surface area contributed by atoms with Crippen molar-refractivity contribution in [3.8, 4) is 5.75 Å². The summed E-state index contributed by atoms with van der Waals surface area (Å²) in [6, 6.07) is 5.06. The lowest BCUT2D eigenvalue weighted by Crippen LogP contribution is -2.58. The third-order valence-electron chi connectivity index (χ3n) is 5.13. The zero-order valence-electron chi connectivity index (χ0n) is 19.8. The van der Waals surface area contributed by atoms with Crippen molar-refractivity contribution in [2.45, 2.75) is 84.4 Å². The van der Waals surface area contributed by atoms with E-state index in [9.17, 15) is 24.9 Å².